The zero-order valence-electron chi connectivity index (χ0n) is 17.2. The minimum atomic E-state index is -5.08. The van der Waals surface area contributed by atoms with Crippen LogP contribution in [0.25, 0.3) is 0 Å². The average molecular weight is 438 g/mol. The predicted octanol–water partition coefficient (Wildman–Crippen LogP) is 3.08. The number of fused-ring (bicyclic) bond motifs is 1. The van der Waals surface area contributed by atoms with Crippen molar-refractivity contribution in [1.29, 1.82) is 0 Å². The van der Waals surface area contributed by atoms with Gasteiger partial charge in [-0.3, -0.25) is 9.69 Å². The second-order valence-corrected chi connectivity index (χ2v) is 7.71. The first kappa shape index (κ1) is 22.8. The molecule has 0 atom stereocenters. The van der Waals surface area contributed by atoms with E-state index in [-0.39, 0.29) is 5.91 Å². The van der Waals surface area contributed by atoms with E-state index in [4.69, 9.17) is 9.90 Å². The number of amides is 1. The number of halogens is 3. The van der Waals surface area contributed by atoms with E-state index in [1.165, 1.54) is 11.1 Å². The normalized spacial score (nSPS) is 16.5. The summed E-state index contributed by atoms with van der Waals surface area (Å²) in [6, 6.07) is 8.71. The SMILES string of the molecule is Cc1ccc(CN2CCn3c(C(=O)N4CCCC4)cnc3C2)cc1.O=C(O)C(F)(F)F. The Morgan fingerprint density at radius 3 is 2.26 bits per heavy atom. The number of aryl methyl sites for hydroxylation is 1. The van der Waals surface area contributed by atoms with Crippen LogP contribution in [-0.4, -0.2) is 62.1 Å². The van der Waals surface area contributed by atoms with Gasteiger partial charge in [0.05, 0.1) is 12.7 Å². The maximum absolute atomic E-state index is 12.6. The van der Waals surface area contributed by atoms with E-state index in [2.05, 4.69) is 45.6 Å². The van der Waals surface area contributed by atoms with Gasteiger partial charge in [-0.15, -0.1) is 0 Å². The summed E-state index contributed by atoms with van der Waals surface area (Å²) in [6.45, 7) is 7.43. The number of aliphatic carboxylic acids is 1. The number of carbonyl (C=O) groups is 2. The molecule has 0 spiro atoms. The van der Waals surface area contributed by atoms with Crippen molar-refractivity contribution in [2.75, 3.05) is 19.6 Å². The van der Waals surface area contributed by atoms with E-state index in [9.17, 15) is 18.0 Å². The maximum atomic E-state index is 12.6. The topological polar surface area (TPSA) is 78.7 Å². The number of nitrogens with zero attached hydrogens (tertiary/aromatic N) is 4. The highest BCUT2D eigenvalue weighted by molar-refractivity contribution is 5.92. The Labute approximate surface area is 178 Å². The van der Waals surface area contributed by atoms with Gasteiger partial charge in [-0.2, -0.15) is 13.2 Å². The highest BCUT2D eigenvalue weighted by Crippen LogP contribution is 2.20. The molecular weight excluding hydrogens is 413 g/mol. The van der Waals surface area contributed by atoms with Gasteiger partial charge in [-0.25, -0.2) is 9.78 Å². The van der Waals surface area contributed by atoms with Gasteiger partial charge in [0.15, 0.2) is 0 Å². The Hall–Kier alpha value is -2.88. The molecule has 31 heavy (non-hydrogen) atoms. The summed E-state index contributed by atoms with van der Waals surface area (Å²) in [5, 5.41) is 7.12. The lowest BCUT2D eigenvalue weighted by Gasteiger charge is -2.29. The molecule has 7 nitrogen and oxygen atoms in total. The Bertz CT molecular complexity index is 919. The molecule has 2 aromatic rings. The number of hydrogen-bond donors (Lipinski definition) is 1. The van der Waals surface area contributed by atoms with Crippen LogP contribution < -0.4 is 0 Å². The highest BCUT2D eigenvalue weighted by atomic mass is 19.4. The molecule has 1 aromatic heterocycles. The second-order valence-electron chi connectivity index (χ2n) is 7.71. The van der Waals surface area contributed by atoms with Crippen LogP contribution in [0.1, 0.15) is 40.3 Å². The fourth-order valence-electron chi connectivity index (χ4n) is 3.65. The lowest BCUT2D eigenvalue weighted by Crippen LogP contribution is -2.36. The van der Waals surface area contributed by atoms with Crippen molar-refractivity contribution >= 4 is 11.9 Å². The number of carboxylic acid groups (broad SMARTS) is 1. The standard InChI is InChI=1S/C19H24N4O.C2HF3O2/c1-15-4-6-16(7-5-15)13-21-10-11-23-17(12-20-18(23)14-21)19(24)22-8-2-3-9-22;3-2(4,5)1(6)7/h4-7,12H,2-3,8-11,13-14H2,1H3;(H,6,7). The summed E-state index contributed by atoms with van der Waals surface area (Å²) < 4.78 is 33.9. The predicted molar refractivity (Wildman–Crippen MR) is 106 cm³/mol. The van der Waals surface area contributed by atoms with Crippen LogP contribution in [0.4, 0.5) is 13.2 Å². The third kappa shape index (κ3) is 5.84. The molecule has 0 saturated carbocycles. The fourth-order valence-corrected chi connectivity index (χ4v) is 3.65. The molecule has 1 fully saturated rings. The van der Waals surface area contributed by atoms with Crippen molar-refractivity contribution in [2.45, 2.75) is 45.6 Å². The Kier molecular flexibility index (Phi) is 6.99. The number of carbonyl (C=O) groups excluding carboxylic acids is 1. The van der Waals surface area contributed by atoms with E-state index in [1.54, 1.807) is 6.20 Å². The van der Waals surface area contributed by atoms with Crippen LogP contribution in [0.15, 0.2) is 30.5 Å². The summed E-state index contributed by atoms with van der Waals surface area (Å²) in [5.41, 5.74) is 3.38. The van der Waals surface area contributed by atoms with E-state index in [0.29, 0.717) is 0 Å². The first-order valence-electron chi connectivity index (χ1n) is 10.1. The molecule has 1 amide bonds. The zero-order valence-corrected chi connectivity index (χ0v) is 17.2. The number of hydrogen-bond acceptors (Lipinski definition) is 4. The van der Waals surface area contributed by atoms with Crippen LogP contribution in [0.2, 0.25) is 0 Å². The quantitative estimate of drug-likeness (QED) is 0.797. The number of rotatable bonds is 3. The lowest BCUT2D eigenvalue weighted by molar-refractivity contribution is -0.192. The molecule has 1 saturated heterocycles. The number of aromatic nitrogens is 2. The van der Waals surface area contributed by atoms with Crippen LogP contribution in [0, 0.1) is 6.92 Å². The molecule has 2 aliphatic heterocycles. The maximum Gasteiger partial charge on any atom is 0.490 e. The van der Waals surface area contributed by atoms with Gasteiger partial charge in [0, 0.05) is 32.7 Å². The van der Waals surface area contributed by atoms with Gasteiger partial charge < -0.3 is 14.6 Å². The number of carboxylic acids is 1. The summed E-state index contributed by atoms with van der Waals surface area (Å²) in [4.78, 5) is 30.4. The molecule has 1 N–H and O–H groups in total. The zero-order chi connectivity index (χ0) is 22.6. The summed E-state index contributed by atoms with van der Waals surface area (Å²) >= 11 is 0. The van der Waals surface area contributed by atoms with Crippen molar-refractivity contribution in [1.82, 2.24) is 19.4 Å². The smallest absolute Gasteiger partial charge is 0.475 e. The molecular formula is C21H25F3N4O3. The van der Waals surface area contributed by atoms with E-state index < -0.39 is 12.1 Å². The molecule has 0 bridgehead atoms. The first-order chi connectivity index (χ1) is 14.6. The van der Waals surface area contributed by atoms with Gasteiger partial charge >= 0.3 is 12.1 Å². The molecule has 0 aliphatic carbocycles. The molecule has 3 heterocycles. The fraction of sp³-hybridized carbons (Fsp3) is 0.476. The van der Waals surface area contributed by atoms with E-state index in [1.807, 2.05) is 4.90 Å². The molecule has 168 valence electrons. The minimum absolute atomic E-state index is 0.151. The number of benzene rings is 1. The number of imidazole rings is 1. The van der Waals surface area contributed by atoms with Crippen molar-refractivity contribution in [3.8, 4) is 0 Å². The first-order valence-corrected chi connectivity index (χ1v) is 10.1. The van der Waals surface area contributed by atoms with Crippen LogP contribution >= 0.6 is 0 Å². The Balaban J connectivity index is 0.000000339. The highest BCUT2D eigenvalue weighted by Gasteiger charge is 2.38. The summed E-state index contributed by atoms with van der Waals surface area (Å²) in [6.07, 6.45) is -1.07. The summed E-state index contributed by atoms with van der Waals surface area (Å²) in [5.74, 6) is -1.60. The third-order valence-electron chi connectivity index (χ3n) is 5.32. The largest absolute Gasteiger partial charge is 0.490 e. The number of likely N-dealkylation sites (tertiary alicyclic amines) is 1. The second kappa shape index (κ2) is 9.51. The minimum Gasteiger partial charge on any atom is -0.475 e. The molecule has 1 aromatic carbocycles. The van der Waals surface area contributed by atoms with Gasteiger partial charge in [-0.1, -0.05) is 29.8 Å². The van der Waals surface area contributed by atoms with Crippen molar-refractivity contribution in [3.63, 3.8) is 0 Å². The van der Waals surface area contributed by atoms with E-state index in [0.717, 1.165) is 63.6 Å². The summed E-state index contributed by atoms with van der Waals surface area (Å²) in [7, 11) is 0. The molecule has 0 unspecified atom stereocenters. The third-order valence-corrected chi connectivity index (χ3v) is 5.32. The van der Waals surface area contributed by atoms with Crippen LogP contribution in [0.3, 0.4) is 0 Å². The Morgan fingerprint density at radius 1 is 1.06 bits per heavy atom. The van der Waals surface area contributed by atoms with Crippen LogP contribution in [0.5, 0.6) is 0 Å². The van der Waals surface area contributed by atoms with Crippen LogP contribution in [-0.2, 0) is 24.4 Å². The van der Waals surface area contributed by atoms with Crippen molar-refractivity contribution < 1.29 is 27.9 Å². The van der Waals surface area contributed by atoms with Gasteiger partial charge in [-0.05, 0) is 25.3 Å². The monoisotopic (exact) mass is 438 g/mol. The van der Waals surface area contributed by atoms with Crippen molar-refractivity contribution in [3.05, 3.63) is 53.1 Å². The van der Waals surface area contributed by atoms with Crippen molar-refractivity contribution in [2.24, 2.45) is 0 Å². The molecule has 4 rings (SSSR count). The number of alkyl halides is 3. The molecule has 2 aliphatic rings. The van der Waals surface area contributed by atoms with E-state index >= 15 is 0 Å². The van der Waals surface area contributed by atoms with Gasteiger partial charge in [0.25, 0.3) is 5.91 Å². The van der Waals surface area contributed by atoms with Gasteiger partial charge in [0.2, 0.25) is 0 Å². The Morgan fingerprint density at radius 2 is 1.68 bits per heavy atom. The lowest BCUT2D eigenvalue weighted by atomic mass is 10.1. The molecule has 0 radical (unpaired) electrons. The average Bonchev–Trinajstić information content (AvgIpc) is 3.39. The van der Waals surface area contributed by atoms with Gasteiger partial charge in [0.1, 0.15) is 11.5 Å². The molecule has 10 heteroatoms.